The van der Waals surface area contributed by atoms with E-state index in [-0.39, 0.29) is 0 Å². The van der Waals surface area contributed by atoms with Gasteiger partial charge in [0.2, 0.25) is 0 Å². The van der Waals surface area contributed by atoms with Crippen LogP contribution < -0.4 is 0 Å². The molecule has 6 heteroatoms. The molecule has 0 radical (unpaired) electrons. The zero-order valence-electron chi connectivity index (χ0n) is 20.4. The highest BCUT2D eigenvalue weighted by atomic mass is 15.1. The Morgan fingerprint density at radius 1 is 0.263 bits per heavy atom. The molecule has 4 aliphatic carbocycles. The molecule has 0 heterocycles. The van der Waals surface area contributed by atoms with E-state index in [2.05, 4.69) is 42.8 Å². The standard InChI is InChI=1S/C32H22N6/c1-3-7-23-11-21-31(29(23)9-5-1)37-35-27-17-13-25(14-18-27)33-34-26-15-19-28(20-16-26)36-38-32-22-12-24-8-4-2-6-10-30(24)32/h1-22H. The van der Waals surface area contributed by atoms with Crippen LogP contribution in [0.15, 0.2) is 164 Å². The Balaban J connectivity index is 1.09. The van der Waals surface area contributed by atoms with Crippen LogP contribution in [-0.4, -0.2) is 0 Å². The summed E-state index contributed by atoms with van der Waals surface area (Å²) < 4.78 is 0. The largest absolute Gasteiger partial charge is 0.151 e. The lowest BCUT2D eigenvalue weighted by atomic mass is 10.2. The summed E-state index contributed by atoms with van der Waals surface area (Å²) in [5.41, 5.74) is 9.08. The summed E-state index contributed by atoms with van der Waals surface area (Å²) in [7, 11) is 0. The molecule has 6 rings (SSSR count). The molecule has 2 aromatic carbocycles. The molecule has 4 aliphatic rings. The van der Waals surface area contributed by atoms with Crippen LogP contribution >= 0.6 is 0 Å². The molecular formula is C32H22N6. The molecule has 0 atom stereocenters. The van der Waals surface area contributed by atoms with Crippen molar-refractivity contribution < 1.29 is 0 Å². The van der Waals surface area contributed by atoms with E-state index in [0.717, 1.165) is 56.4 Å². The van der Waals surface area contributed by atoms with Gasteiger partial charge in [0, 0.05) is 11.1 Å². The molecule has 0 saturated heterocycles. The van der Waals surface area contributed by atoms with Gasteiger partial charge in [-0.25, -0.2) is 0 Å². The summed E-state index contributed by atoms with van der Waals surface area (Å²) >= 11 is 0. The quantitative estimate of drug-likeness (QED) is 0.208. The second-order valence-corrected chi connectivity index (χ2v) is 8.63. The number of rotatable bonds is 6. The maximum absolute atomic E-state index is 4.43. The Bertz CT molecular complexity index is 1570. The summed E-state index contributed by atoms with van der Waals surface area (Å²) in [6, 6.07) is 43.3. The first-order valence-corrected chi connectivity index (χ1v) is 12.2. The van der Waals surface area contributed by atoms with Crippen molar-refractivity contribution in [1.82, 2.24) is 0 Å². The van der Waals surface area contributed by atoms with Gasteiger partial charge in [-0.15, -0.1) is 10.2 Å². The van der Waals surface area contributed by atoms with Crippen molar-refractivity contribution in [3.63, 3.8) is 0 Å². The number of azo groups is 3. The molecule has 0 fully saturated rings. The maximum Gasteiger partial charge on any atom is 0.0935 e. The van der Waals surface area contributed by atoms with Gasteiger partial charge in [-0.05, 0) is 71.8 Å². The van der Waals surface area contributed by atoms with Gasteiger partial charge < -0.3 is 0 Å². The SMILES string of the molecule is c1ccc2ccc(N=Nc3ccc(N=Nc4ccc(N=Nc5ccc6cccccc5-6)cc4)cc3)c-2cc1. The number of fused-ring (bicyclic) bond motifs is 2. The minimum atomic E-state index is 0.731. The lowest BCUT2D eigenvalue weighted by Gasteiger charge is -1.97. The second-order valence-electron chi connectivity index (χ2n) is 8.63. The predicted molar refractivity (Wildman–Crippen MR) is 152 cm³/mol. The van der Waals surface area contributed by atoms with E-state index in [1.165, 1.54) is 0 Å². The normalized spacial score (nSPS) is 11.9. The fraction of sp³-hybridized carbons (Fsp3) is 0. The minimum Gasteiger partial charge on any atom is -0.151 e. The third-order valence-corrected chi connectivity index (χ3v) is 6.06. The molecule has 2 aromatic rings. The Labute approximate surface area is 220 Å². The van der Waals surface area contributed by atoms with E-state index in [1.807, 2.05) is 121 Å². The zero-order valence-corrected chi connectivity index (χ0v) is 20.4. The lowest BCUT2D eigenvalue weighted by Crippen LogP contribution is -1.68. The van der Waals surface area contributed by atoms with Gasteiger partial charge in [-0.2, -0.15) is 20.5 Å². The third kappa shape index (κ3) is 5.24. The van der Waals surface area contributed by atoms with Gasteiger partial charge in [0.1, 0.15) is 0 Å². The first kappa shape index (κ1) is 23.1. The van der Waals surface area contributed by atoms with Crippen molar-refractivity contribution in [3.05, 3.63) is 133 Å². The topological polar surface area (TPSA) is 74.2 Å². The van der Waals surface area contributed by atoms with E-state index in [1.54, 1.807) is 0 Å². The van der Waals surface area contributed by atoms with Crippen LogP contribution in [0, 0.1) is 0 Å². The first-order chi connectivity index (χ1) is 18.8. The molecule has 0 aromatic heterocycles. The lowest BCUT2D eigenvalue weighted by molar-refractivity contribution is 1.21. The highest BCUT2D eigenvalue weighted by molar-refractivity contribution is 5.79. The van der Waals surface area contributed by atoms with Crippen LogP contribution in [0.4, 0.5) is 34.1 Å². The molecule has 38 heavy (non-hydrogen) atoms. The maximum atomic E-state index is 4.43. The summed E-state index contributed by atoms with van der Waals surface area (Å²) in [6.07, 6.45) is 0. The van der Waals surface area contributed by atoms with E-state index in [4.69, 9.17) is 0 Å². The van der Waals surface area contributed by atoms with E-state index in [0.29, 0.717) is 0 Å². The van der Waals surface area contributed by atoms with Crippen molar-refractivity contribution in [2.75, 3.05) is 0 Å². The van der Waals surface area contributed by atoms with Crippen molar-refractivity contribution in [3.8, 4) is 22.3 Å². The van der Waals surface area contributed by atoms with Crippen LogP contribution in [0.1, 0.15) is 0 Å². The Morgan fingerprint density at radius 2 is 0.605 bits per heavy atom. The number of nitrogens with zero attached hydrogens (tertiary/aromatic N) is 6. The number of hydrogen-bond acceptors (Lipinski definition) is 6. The van der Waals surface area contributed by atoms with Crippen LogP contribution in [0.2, 0.25) is 0 Å². The molecule has 180 valence electrons. The van der Waals surface area contributed by atoms with Crippen LogP contribution in [0.25, 0.3) is 22.3 Å². The Morgan fingerprint density at radius 3 is 1.00 bits per heavy atom. The van der Waals surface area contributed by atoms with Crippen molar-refractivity contribution >= 4 is 34.1 Å². The third-order valence-electron chi connectivity index (χ3n) is 6.06. The van der Waals surface area contributed by atoms with Gasteiger partial charge in [0.15, 0.2) is 0 Å². The van der Waals surface area contributed by atoms with Gasteiger partial charge in [0.05, 0.1) is 34.1 Å². The molecule has 0 bridgehead atoms. The van der Waals surface area contributed by atoms with Crippen molar-refractivity contribution in [2.24, 2.45) is 30.7 Å². The monoisotopic (exact) mass is 490 g/mol. The van der Waals surface area contributed by atoms with E-state index >= 15 is 0 Å². The molecular weight excluding hydrogens is 468 g/mol. The summed E-state index contributed by atoms with van der Waals surface area (Å²) in [6.45, 7) is 0. The molecule has 0 unspecified atom stereocenters. The molecule has 6 nitrogen and oxygen atoms in total. The molecule has 0 amide bonds. The molecule has 0 N–H and O–H groups in total. The van der Waals surface area contributed by atoms with Gasteiger partial charge >= 0.3 is 0 Å². The van der Waals surface area contributed by atoms with Crippen LogP contribution in [0.5, 0.6) is 0 Å². The van der Waals surface area contributed by atoms with Crippen LogP contribution in [0.3, 0.4) is 0 Å². The van der Waals surface area contributed by atoms with Gasteiger partial charge in [-0.1, -0.05) is 72.8 Å². The number of hydrogen-bond donors (Lipinski definition) is 0. The van der Waals surface area contributed by atoms with Gasteiger partial charge in [-0.3, -0.25) is 0 Å². The Kier molecular flexibility index (Phi) is 6.51. The predicted octanol–water partition coefficient (Wildman–Crippen LogP) is 11.1. The zero-order chi connectivity index (χ0) is 25.6. The highest BCUT2D eigenvalue weighted by Gasteiger charge is 2.07. The van der Waals surface area contributed by atoms with Gasteiger partial charge in [0.25, 0.3) is 0 Å². The summed E-state index contributed by atoms with van der Waals surface area (Å²) in [4.78, 5) is 0. The Hall–Kier alpha value is -5.36. The van der Waals surface area contributed by atoms with Crippen LogP contribution in [-0.2, 0) is 0 Å². The summed E-state index contributed by atoms with van der Waals surface area (Å²) in [5, 5.41) is 26.3. The fourth-order valence-corrected chi connectivity index (χ4v) is 4.08. The first-order valence-electron chi connectivity index (χ1n) is 12.2. The fourth-order valence-electron chi connectivity index (χ4n) is 4.08. The average Bonchev–Trinajstić information content (AvgIpc) is 3.32. The van der Waals surface area contributed by atoms with E-state index < -0.39 is 0 Å². The van der Waals surface area contributed by atoms with Crippen molar-refractivity contribution in [1.29, 1.82) is 0 Å². The molecule has 0 saturated carbocycles. The second kappa shape index (κ2) is 10.7. The average molecular weight is 491 g/mol. The molecule has 0 spiro atoms. The minimum absolute atomic E-state index is 0.731. The number of benzene rings is 2. The smallest absolute Gasteiger partial charge is 0.0935 e. The van der Waals surface area contributed by atoms with Crippen molar-refractivity contribution in [2.45, 2.75) is 0 Å². The summed E-state index contributed by atoms with van der Waals surface area (Å²) in [5.74, 6) is 0. The molecule has 0 aliphatic heterocycles. The van der Waals surface area contributed by atoms with E-state index in [9.17, 15) is 0 Å². The highest BCUT2D eigenvalue weighted by Crippen LogP contribution is 2.36.